The van der Waals surface area contributed by atoms with Gasteiger partial charge >= 0.3 is 19.3 Å². The molecule has 0 spiro atoms. The van der Waals surface area contributed by atoms with E-state index in [1.165, 1.54) is 0 Å². The summed E-state index contributed by atoms with van der Waals surface area (Å²) < 4.78 is 92.2. The molecule has 2 N–H and O–H groups in total. The maximum absolute atomic E-state index is 14.6. The zero-order chi connectivity index (χ0) is 24.1. The van der Waals surface area contributed by atoms with Crippen LogP contribution in [0.4, 0.5) is 42.5 Å². The molecule has 1 aliphatic rings. The molecule has 0 aliphatic carbocycles. The second-order valence-corrected chi connectivity index (χ2v) is 8.21. The summed E-state index contributed by atoms with van der Waals surface area (Å²) in [6, 6.07) is 2.13. The van der Waals surface area contributed by atoms with Crippen LogP contribution in [0.25, 0.3) is 0 Å². The van der Waals surface area contributed by atoms with Gasteiger partial charge in [0.1, 0.15) is 17.5 Å². The first kappa shape index (κ1) is 23.9. The molecule has 0 unspecified atom stereocenters. The molecule has 3 rings (SSSR count). The average molecular weight is 460 g/mol. The first-order valence-electron chi connectivity index (χ1n) is 9.40. The monoisotopic (exact) mass is 460 g/mol. The molecule has 0 radical (unpaired) electrons. The predicted molar refractivity (Wildman–Crippen MR) is 106 cm³/mol. The molecule has 0 atom stereocenters. The van der Waals surface area contributed by atoms with Crippen LogP contribution in [0.3, 0.4) is 0 Å². The number of carbonyl (C=O) groups excluding carboxylic acids is 1. The average Bonchev–Trinajstić information content (AvgIpc) is 2.85. The fourth-order valence-electron chi connectivity index (χ4n) is 2.91. The van der Waals surface area contributed by atoms with Crippen molar-refractivity contribution in [2.24, 2.45) is 0 Å². The van der Waals surface area contributed by atoms with E-state index in [-0.39, 0.29) is 5.46 Å². The summed E-state index contributed by atoms with van der Waals surface area (Å²) in [6.07, 6.45) is -4.98. The largest absolute Gasteiger partial charge is 0.497 e. The summed E-state index contributed by atoms with van der Waals surface area (Å²) >= 11 is 0. The van der Waals surface area contributed by atoms with Crippen LogP contribution in [-0.4, -0.2) is 24.4 Å². The quantitative estimate of drug-likeness (QED) is 0.497. The molecule has 2 aromatic carbocycles. The molecule has 5 nitrogen and oxygen atoms in total. The first-order chi connectivity index (χ1) is 14.6. The van der Waals surface area contributed by atoms with Gasteiger partial charge in [-0.25, -0.2) is 18.0 Å². The van der Waals surface area contributed by atoms with E-state index in [1.54, 1.807) is 27.7 Å². The molecule has 12 heteroatoms. The third-order valence-corrected chi connectivity index (χ3v) is 5.37. The van der Waals surface area contributed by atoms with Crippen molar-refractivity contribution in [2.45, 2.75) is 45.1 Å². The van der Waals surface area contributed by atoms with Crippen molar-refractivity contribution in [1.82, 2.24) is 0 Å². The normalized spacial score (nSPS) is 17.4. The molecule has 2 amide bonds. The van der Waals surface area contributed by atoms with Crippen molar-refractivity contribution in [2.75, 3.05) is 10.6 Å². The molecule has 1 aliphatic heterocycles. The number of alkyl halides is 3. The molecule has 2 aromatic rings. The Bertz CT molecular complexity index is 1040. The molecule has 0 saturated carbocycles. The predicted octanol–water partition coefficient (Wildman–Crippen LogP) is 5.07. The van der Waals surface area contributed by atoms with Crippen LogP contribution in [0.15, 0.2) is 30.3 Å². The van der Waals surface area contributed by atoms with Crippen LogP contribution >= 0.6 is 0 Å². The Kier molecular flexibility index (Phi) is 5.98. The van der Waals surface area contributed by atoms with Gasteiger partial charge in [-0.3, -0.25) is 0 Å². The van der Waals surface area contributed by atoms with Gasteiger partial charge < -0.3 is 19.9 Å². The van der Waals surface area contributed by atoms with E-state index in [9.17, 15) is 31.1 Å². The van der Waals surface area contributed by atoms with Gasteiger partial charge in [0.2, 0.25) is 0 Å². The summed E-state index contributed by atoms with van der Waals surface area (Å²) in [5, 5.41) is 4.01. The van der Waals surface area contributed by atoms with E-state index in [1.807, 2.05) is 10.6 Å². The van der Waals surface area contributed by atoms with Crippen molar-refractivity contribution in [3.05, 3.63) is 53.3 Å². The summed E-state index contributed by atoms with van der Waals surface area (Å²) in [5.41, 5.74) is -4.35. The first-order valence-corrected chi connectivity index (χ1v) is 9.40. The Morgan fingerprint density at radius 3 is 2.03 bits per heavy atom. The molecule has 1 saturated heterocycles. The minimum absolute atomic E-state index is 0.222. The lowest BCUT2D eigenvalue weighted by atomic mass is 9.78. The summed E-state index contributed by atoms with van der Waals surface area (Å²) in [7, 11) is -1.18. The van der Waals surface area contributed by atoms with Gasteiger partial charge in [0, 0.05) is 17.2 Å². The van der Waals surface area contributed by atoms with Crippen molar-refractivity contribution in [3.63, 3.8) is 0 Å². The molecule has 1 fully saturated rings. The van der Waals surface area contributed by atoms with Gasteiger partial charge in [0.05, 0.1) is 22.5 Å². The van der Waals surface area contributed by atoms with Gasteiger partial charge in [0.15, 0.2) is 0 Å². The van der Waals surface area contributed by atoms with Gasteiger partial charge in [-0.05, 0) is 52.0 Å². The van der Waals surface area contributed by atoms with E-state index < -0.39 is 64.9 Å². The number of halogens is 6. The van der Waals surface area contributed by atoms with Gasteiger partial charge in [0.25, 0.3) is 0 Å². The summed E-state index contributed by atoms with van der Waals surface area (Å²) in [5.74, 6) is -3.47. The van der Waals surface area contributed by atoms with Crippen molar-refractivity contribution in [1.29, 1.82) is 0 Å². The number of amides is 2. The van der Waals surface area contributed by atoms with Crippen LogP contribution in [0, 0.1) is 17.5 Å². The highest BCUT2D eigenvalue weighted by Gasteiger charge is 2.52. The lowest BCUT2D eigenvalue weighted by Crippen LogP contribution is -2.41. The Morgan fingerprint density at radius 1 is 0.875 bits per heavy atom. The highest BCUT2D eigenvalue weighted by molar-refractivity contribution is 6.62. The second-order valence-electron chi connectivity index (χ2n) is 8.21. The summed E-state index contributed by atoms with van der Waals surface area (Å²) in [6.45, 7) is 6.95. The fourth-order valence-corrected chi connectivity index (χ4v) is 2.91. The minimum Gasteiger partial charge on any atom is -0.399 e. The smallest absolute Gasteiger partial charge is 0.399 e. The van der Waals surface area contributed by atoms with E-state index in [2.05, 4.69) is 0 Å². The van der Waals surface area contributed by atoms with Gasteiger partial charge in [-0.2, -0.15) is 13.2 Å². The number of nitrogens with one attached hydrogen (secondary N) is 2. The highest BCUT2D eigenvalue weighted by Crippen LogP contribution is 2.37. The van der Waals surface area contributed by atoms with Gasteiger partial charge in [-0.15, -0.1) is 0 Å². The van der Waals surface area contributed by atoms with Crippen LogP contribution in [0.5, 0.6) is 0 Å². The number of rotatable bonds is 3. The van der Waals surface area contributed by atoms with Crippen molar-refractivity contribution < 1.29 is 40.4 Å². The minimum atomic E-state index is -4.98. The molecular formula is C20H19BF6N2O3. The molecule has 0 aromatic heterocycles. The number of anilines is 2. The van der Waals surface area contributed by atoms with E-state index in [4.69, 9.17) is 9.31 Å². The number of carbonyl (C=O) groups is 1. The fraction of sp³-hybridized carbons (Fsp3) is 0.350. The van der Waals surface area contributed by atoms with Crippen LogP contribution in [0.1, 0.15) is 33.3 Å². The Labute approximate surface area is 180 Å². The van der Waals surface area contributed by atoms with Crippen molar-refractivity contribution in [3.8, 4) is 0 Å². The Hall–Kier alpha value is -2.73. The molecular weight excluding hydrogens is 441 g/mol. The zero-order valence-corrected chi connectivity index (χ0v) is 17.5. The third kappa shape index (κ3) is 4.70. The maximum Gasteiger partial charge on any atom is 0.497 e. The van der Waals surface area contributed by atoms with Crippen LogP contribution in [0.2, 0.25) is 0 Å². The molecule has 32 heavy (non-hydrogen) atoms. The number of urea groups is 1. The van der Waals surface area contributed by atoms with E-state index in [0.717, 1.165) is 12.1 Å². The Morgan fingerprint density at radius 2 is 1.47 bits per heavy atom. The van der Waals surface area contributed by atoms with Crippen LogP contribution < -0.4 is 16.1 Å². The maximum atomic E-state index is 14.6. The van der Waals surface area contributed by atoms with Crippen molar-refractivity contribution >= 4 is 30.0 Å². The Balaban J connectivity index is 1.76. The number of benzene rings is 2. The molecule has 172 valence electrons. The number of hydrogen-bond donors (Lipinski definition) is 2. The third-order valence-electron chi connectivity index (χ3n) is 5.37. The topological polar surface area (TPSA) is 59.6 Å². The highest BCUT2D eigenvalue weighted by atomic mass is 19.4. The SMILES string of the molecule is CC1(C)OB(c2cc(F)c(NC(=O)Nc3ccc(F)c(C(F)(F)F)c3)cc2F)OC1(C)C. The molecule has 0 bridgehead atoms. The lowest BCUT2D eigenvalue weighted by molar-refractivity contribution is -0.139. The zero-order valence-electron chi connectivity index (χ0n) is 17.5. The molecule has 1 heterocycles. The summed E-state index contributed by atoms with van der Waals surface area (Å²) in [4.78, 5) is 12.1. The van der Waals surface area contributed by atoms with E-state index in [0.29, 0.717) is 18.2 Å². The number of hydrogen-bond acceptors (Lipinski definition) is 3. The lowest BCUT2D eigenvalue weighted by Gasteiger charge is -2.32. The standard InChI is InChI=1S/C20H19BF6N2O3/c1-18(2)19(3,4)32-21(31-18)12-8-15(24)16(9-14(12)23)29-17(30)28-10-5-6-13(22)11(7-10)20(25,26)27/h5-9H,1-4H3,(H2,28,29,30). The van der Waals surface area contributed by atoms with Crippen LogP contribution in [-0.2, 0) is 15.5 Å². The second kappa shape index (κ2) is 8.00. The van der Waals surface area contributed by atoms with Gasteiger partial charge in [-0.1, -0.05) is 0 Å². The van der Waals surface area contributed by atoms with E-state index >= 15 is 0 Å².